The highest BCUT2D eigenvalue weighted by molar-refractivity contribution is 7.92. The normalized spacial score (nSPS) is 27.1. The maximum atomic E-state index is 12.3. The Morgan fingerprint density at radius 3 is 2.50 bits per heavy atom. The molecule has 1 aliphatic carbocycles. The fraction of sp³-hybridized carbons (Fsp3) is 0.917. The van der Waals surface area contributed by atoms with Crippen LogP contribution in [0.2, 0.25) is 0 Å². The second-order valence-corrected chi connectivity index (χ2v) is 7.81. The predicted octanol–water partition coefficient (Wildman–Crippen LogP) is 0.314. The summed E-state index contributed by atoms with van der Waals surface area (Å²) in [4.78, 5) is 11.5. The molecule has 0 radical (unpaired) electrons. The van der Waals surface area contributed by atoms with E-state index in [4.69, 9.17) is 0 Å². The van der Waals surface area contributed by atoms with Gasteiger partial charge in [0.2, 0.25) is 5.91 Å². The monoisotopic (exact) mass is 276 g/mol. The molecule has 2 unspecified atom stereocenters. The van der Waals surface area contributed by atoms with Crippen LogP contribution in [0.5, 0.6) is 0 Å². The van der Waals surface area contributed by atoms with Crippen molar-refractivity contribution in [1.29, 1.82) is 0 Å². The lowest BCUT2D eigenvalue weighted by atomic mass is 9.87. The summed E-state index contributed by atoms with van der Waals surface area (Å²) in [5, 5.41) is 5.19. The Balaban J connectivity index is 2.83. The van der Waals surface area contributed by atoms with Crippen LogP contribution in [0.4, 0.5) is 0 Å². The van der Waals surface area contributed by atoms with Crippen LogP contribution in [-0.2, 0) is 14.6 Å². The topological polar surface area (TPSA) is 75.3 Å². The van der Waals surface area contributed by atoms with Gasteiger partial charge in [0.05, 0.1) is 5.25 Å². The summed E-state index contributed by atoms with van der Waals surface area (Å²) in [6.07, 6.45) is 1.48. The first-order valence-electron chi connectivity index (χ1n) is 6.40. The highest BCUT2D eigenvalue weighted by atomic mass is 32.2. The van der Waals surface area contributed by atoms with Gasteiger partial charge in [-0.2, -0.15) is 0 Å². The number of carbonyl (C=O) groups is 1. The Morgan fingerprint density at radius 1 is 1.39 bits per heavy atom. The first-order chi connectivity index (χ1) is 8.24. The van der Waals surface area contributed by atoms with Gasteiger partial charge in [-0.25, -0.2) is 8.42 Å². The molecule has 18 heavy (non-hydrogen) atoms. The van der Waals surface area contributed by atoms with Crippen molar-refractivity contribution >= 4 is 15.7 Å². The van der Waals surface area contributed by atoms with Crippen LogP contribution in [0.1, 0.15) is 33.6 Å². The van der Waals surface area contributed by atoms with Gasteiger partial charge in [-0.05, 0) is 32.2 Å². The van der Waals surface area contributed by atoms with E-state index in [9.17, 15) is 13.2 Å². The zero-order chi connectivity index (χ0) is 14.0. The van der Waals surface area contributed by atoms with Crippen molar-refractivity contribution in [2.75, 3.05) is 19.3 Å². The molecule has 0 saturated heterocycles. The minimum atomic E-state index is -3.39. The van der Waals surface area contributed by atoms with Crippen molar-refractivity contribution in [3.63, 3.8) is 0 Å². The highest BCUT2D eigenvalue weighted by Gasteiger charge is 2.47. The van der Waals surface area contributed by atoms with Gasteiger partial charge in [-0.3, -0.25) is 4.79 Å². The highest BCUT2D eigenvalue weighted by Crippen LogP contribution is 2.40. The average Bonchev–Trinajstić information content (AvgIpc) is 2.53. The number of sulfone groups is 1. The standard InChI is InChI=1S/C12H24N2O3S/c1-5-14-10(15)8-18(16,17)9-6-7-12(2,3)11(9)13-4/h9,11,13H,5-8H2,1-4H3,(H,14,15). The molecule has 6 heteroatoms. The van der Waals surface area contributed by atoms with Gasteiger partial charge in [0, 0.05) is 12.6 Å². The van der Waals surface area contributed by atoms with Gasteiger partial charge < -0.3 is 10.6 Å². The number of carbonyl (C=O) groups excluding carboxylic acids is 1. The fourth-order valence-electron chi connectivity index (χ4n) is 2.84. The van der Waals surface area contributed by atoms with E-state index in [2.05, 4.69) is 24.5 Å². The molecule has 0 aliphatic heterocycles. The maximum Gasteiger partial charge on any atom is 0.235 e. The van der Waals surface area contributed by atoms with Crippen LogP contribution in [0, 0.1) is 5.41 Å². The zero-order valence-electron chi connectivity index (χ0n) is 11.6. The molecule has 106 valence electrons. The van der Waals surface area contributed by atoms with E-state index in [-0.39, 0.29) is 11.5 Å². The SMILES string of the molecule is CCNC(=O)CS(=O)(=O)C1CCC(C)(C)C1NC. The van der Waals surface area contributed by atoms with Crippen molar-refractivity contribution in [2.45, 2.75) is 44.9 Å². The second kappa shape index (κ2) is 5.57. The van der Waals surface area contributed by atoms with E-state index < -0.39 is 26.7 Å². The second-order valence-electron chi connectivity index (χ2n) is 5.59. The zero-order valence-corrected chi connectivity index (χ0v) is 12.4. The molecule has 2 N–H and O–H groups in total. The number of rotatable bonds is 5. The Kier molecular flexibility index (Phi) is 4.78. The Morgan fingerprint density at radius 2 is 2.00 bits per heavy atom. The minimum absolute atomic E-state index is 0.0479. The van der Waals surface area contributed by atoms with Crippen molar-refractivity contribution in [3.8, 4) is 0 Å². The van der Waals surface area contributed by atoms with Gasteiger partial charge in [0.25, 0.3) is 0 Å². The van der Waals surface area contributed by atoms with E-state index in [1.54, 1.807) is 14.0 Å². The molecule has 0 bridgehead atoms. The van der Waals surface area contributed by atoms with Crippen molar-refractivity contribution < 1.29 is 13.2 Å². The third-order valence-electron chi connectivity index (χ3n) is 3.77. The summed E-state index contributed by atoms with van der Waals surface area (Å²) >= 11 is 0. The van der Waals surface area contributed by atoms with Crippen LogP contribution in [0.25, 0.3) is 0 Å². The fourth-order valence-corrected chi connectivity index (χ4v) is 4.92. The summed E-state index contributed by atoms with van der Waals surface area (Å²) in [5.74, 6) is -0.809. The van der Waals surface area contributed by atoms with Crippen LogP contribution < -0.4 is 10.6 Å². The van der Waals surface area contributed by atoms with Crippen molar-refractivity contribution in [1.82, 2.24) is 10.6 Å². The summed E-state index contributed by atoms with van der Waals surface area (Å²) in [7, 11) is -1.60. The van der Waals surface area contributed by atoms with E-state index in [0.29, 0.717) is 13.0 Å². The molecular weight excluding hydrogens is 252 g/mol. The molecule has 5 nitrogen and oxygen atoms in total. The van der Waals surface area contributed by atoms with Gasteiger partial charge in [0.1, 0.15) is 5.75 Å². The first-order valence-corrected chi connectivity index (χ1v) is 8.11. The molecular formula is C12H24N2O3S. The summed E-state index contributed by atoms with van der Waals surface area (Å²) in [5.41, 5.74) is -0.0479. The smallest absolute Gasteiger partial charge is 0.235 e. The molecule has 1 fully saturated rings. The summed E-state index contributed by atoms with van der Waals surface area (Å²) < 4.78 is 24.5. The molecule has 0 aromatic carbocycles. The van der Waals surface area contributed by atoms with Crippen LogP contribution in [0.15, 0.2) is 0 Å². The van der Waals surface area contributed by atoms with Crippen LogP contribution in [-0.4, -0.2) is 45.0 Å². The van der Waals surface area contributed by atoms with Crippen molar-refractivity contribution in [2.24, 2.45) is 5.41 Å². The Hall–Kier alpha value is -0.620. The molecule has 1 rings (SSSR count). The number of nitrogens with one attached hydrogen (secondary N) is 2. The third kappa shape index (κ3) is 3.23. The molecule has 0 heterocycles. The third-order valence-corrected chi connectivity index (χ3v) is 5.86. The molecule has 0 aromatic rings. The largest absolute Gasteiger partial charge is 0.356 e. The number of amides is 1. The summed E-state index contributed by atoms with van der Waals surface area (Å²) in [6, 6.07) is -0.0862. The van der Waals surface area contributed by atoms with Gasteiger partial charge >= 0.3 is 0 Å². The summed E-state index contributed by atoms with van der Waals surface area (Å²) in [6.45, 7) is 6.37. The molecule has 0 aromatic heterocycles. The number of hydrogen-bond acceptors (Lipinski definition) is 4. The number of hydrogen-bond donors (Lipinski definition) is 2. The molecule has 1 amide bonds. The molecule has 2 atom stereocenters. The van der Waals surface area contributed by atoms with Gasteiger partial charge in [-0.15, -0.1) is 0 Å². The van der Waals surface area contributed by atoms with E-state index in [1.165, 1.54) is 0 Å². The molecule has 1 saturated carbocycles. The van der Waals surface area contributed by atoms with E-state index in [0.717, 1.165) is 6.42 Å². The Bertz CT molecular complexity index is 404. The Labute approximate surface area is 110 Å². The lowest BCUT2D eigenvalue weighted by molar-refractivity contribution is -0.118. The molecule has 1 aliphatic rings. The predicted molar refractivity (Wildman–Crippen MR) is 72.1 cm³/mol. The quantitative estimate of drug-likeness (QED) is 0.758. The maximum absolute atomic E-state index is 12.3. The minimum Gasteiger partial charge on any atom is -0.356 e. The van der Waals surface area contributed by atoms with Gasteiger partial charge in [-0.1, -0.05) is 13.8 Å². The average molecular weight is 276 g/mol. The molecule has 0 spiro atoms. The van der Waals surface area contributed by atoms with E-state index in [1.807, 2.05) is 0 Å². The lowest BCUT2D eigenvalue weighted by Crippen LogP contribution is -2.47. The first kappa shape index (κ1) is 15.4. The van der Waals surface area contributed by atoms with Gasteiger partial charge in [0.15, 0.2) is 9.84 Å². The lowest BCUT2D eigenvalue weighted by Gasteiger charge is -2.30. The van der Waals surface area contributed by atoms with Crippen molar-refractivity contribution in [3.05, 3.63) is 0 Å². The van der Waals surface area contributed by atoms with Crippen LogP contribution >= 0.6 is 0 Å². The van der Waals surface area contributed by atoms with E-state index >= 15 is 0 Å². The van der Waals surface area contributed by atoms with Crippen LogP contribution in [0.3, 0.4) is 0 Å².